The lowest BCUT2D eigenvalue weighted by Crippen LogP contribution is -2.30. The van der Waals surface area contributed by atoms with Gasteiger partial charge in [0.2, 0.25) is 5.51 Å². The summed E-state index contributed by atoms with van der Waals surface area (Å²) in [4.78, 5) is 12.1. The zero-order chi connectivity index (χ0) is 17.0. The molecule has 0 aliphatic heterocycles. The molecule has 24 heavy (non-hydrogen) atoms. The van der Waals surface area contributed by atoms with Crippen molar-refractivity contribution in [3.63, 3.8) is 0 Å². The van der Waals surface area contributed by atoms with Crippen molar-refractivity contribution >= 4 is 30.8 Å². The second-order valence-corrected chi connectivity index (χ2v) is 7.33. The molecule has 1 heterocycles. The van der Waals surface area contributed by atoms with Gasteiger partial charge >= 0.3 is 7.82 Å². The summed E-state index contributed by atoms with van der Waals surface area (Å²) in [7, 11) is -4.59. The van der Waals surface area contributed by atoms with E-state index in [1.54, 1.807) is 41.7 Å². The van der Waals surface area contributed by atoms with E-state index in [4.69, 9.17) is 20.6 Å². The first-order chi connectivity index (χ1) is 11.5. The van der Waals surface area contributed by atoms with Crippen molar-refractivity contribution in [2.75, 3.05) is 0 Å². The van der Waals surface area contributed by atoms with Gasteiger partial charge < -0.3 is 13.9 Å². The first-order valence-electron chi connectivity index (χ1n) is 6.97. The lowest BCUT2D eigenvalue weighted by Gasteiger charge is -2.24. The van der Waals surface area contributed by atoms with Crippen molar-refractivity contribution in [3.05, 3.63) is 76.2 Å². The van der Waals surface area contributed by atoms with Crippen molar-refractivity contribution in [1.82, 2.24) is 0 Å². The van der Waals surface area contributed by atoms with Gasteiger partial charge in [-0.2, -0.15) is 4.57 Å². The van der Waals surface area contributed by atoms with Crippen LogP contribution >= 0.6 is 30.8 Å². The Labute approximate surface area is 148 Å². The third kappa shape index (κ3) is 4.58. The second kappa shape index (κ2) is 7.36. The van der Waals surface area contributed by atoms with Crippen LogP contribution in [-0.4, -0.2) is 0 Å². The highest BCUT2D eigenvalue weighted by Crippen LogP contribution is 2.42. The summed E-state index contributed by atoms with van der Waals surface area (Å²) in [6.45, 7) is 0.620. The maximum absolute atomic E-state index is 12.1. The summed E-state index contributed by atoms with van der Waals surface area (Å²) >= 11 is 7.48. The number of thiazole rings is 1. The van der Waals surface area contributed by atoms with Crippen molar-refractivity contribution < 1.29 is 23.1 Å². The number of para-hydroxylation sites is 1. The number of nitrogens with zero attached hydrogens (tertiary/aromatic N) is 1. The van der Waals surface area contributed by atoms with Crippen molar-refractivity contribution in [3.8, 4) is 11.5 Å². The Balaban J connectivity index is 1.72. The van der Waals surface area contributed by atoms with Gasteiger partial charge in [0.05, 0.1) is 10.4 Å². The van der Waals surface area contributed by atoms with Crippen LogP contribution in [0.25, 0.3) is 0 Å². The van der Waals surface area contributed by atoms with Crippen LogP contribution in [0.4, 0.5) is 0 Å². The van der Waals surface area contributed by atoms with E-state index in [9.17, 15) is 9.46 Å². The lowest BCUT2D eigenvalue weighted by molar-refractivity contribution is -0.683. The van der Waals surface area contributed by atoms with Gasteiger partial charge in [0.25, 0.3) is 0 Å². The molecular weight excluding hydrogens is 369 g/mol. The van der Waals surface area contributed by atoms with E-state index in [1.807, 2.05) is 27.7 Å². The highest BCUT2D eigenvalue weighted by molar-refractivity contribution is 7.46. The summed E-state index contributed by atoms with van der Waals surface area (Å²) in [5, 5.41) is 2.16. The number of aromatic nitrogens is 1. The Kier molecular flexibility index (Phi) is 5.21. The van der Waals surface area contributed by atoms with Gasteiger partial charge in [-0.25, -0.2) is 4.57 Å². The van der Waals surface area contributed by atoms with Gasteiger partial charge in [0, 0.05) is 5.56 Å². The molecular formula is C16H13ClNO4PS. The molecule has 0 saturated carbocycles. The Morgan fingerprint density at radius 2 is 2.00 bits per heavy atom. The Hall–Kier alpha value is -1.85. The molecule has 5 nitrogen and oxygen atoms in total. The first kappa shape index (κ1) is 17.0. The van der Waals surface area contributed by atoms with Crippen LogP contribution in [-0.2, 0) is 11.1 Å². The third-order valence-corrected chi connectivity index (χ3v) is 4.89. The van der Waals surface area contributed by atoms with Gasteiger partial charge in [-0.05, 0) is 24.3 Å². The fraction of sp³-hybridized carbons (Fsp3) is 0.0625. The van der Waals surface area contributed by atoms with Crippen molar-refractivity contribution in [1.29, 1.82) is 0 Å². The van der Waals surface area contributed by atoms with Crippen LogP contribution in [0.3, 0.4) is 0 Å². The fourth-order valence-electron chi connectivity index (χ4n) is 2.05. The molecule has 0 amide bonds. The average molecular weight is 382 g/mol. The monoisotopic (exact) mass is 381 g/mol. The minimum Gasteiger partial charge on any atom is -0.736 e. The van der Waals surface area contributed by atoms with Crippen molar-refractivity contribution in [2.45, 2.75) is 6.54 Å². The van der Waals surface area contributed by atoms with E-state index < -0.39 is 7.82 Å². The maximum Gasteiger partial charge on any atom is 0.372 e. The topological polar surface area (TPSA) is 62.5 Å². The number of phosphoric acid groups is 1. The maximum atomic E-state index is 12.1. The van der Waals surface area contributed by atoms with Crippen molar-refractivity contribution in [2.24, 2.45) is 0 Å². The molecule has 1 aromatic heterocycles. The molecule has 0 fully saturated rings. The van der Waals surface area contributed by atoms with E-state index in [0.29, 0.717) is 6.54 Å². The van der Waals surface area contributed by atoms with Gasteiger partial charge in [0.1, 0.15) is 11.5 Å². The van der Waals surface area contributed by atoms with Crippen LogP contribution in [0, 0.1) is 0 Å². The summed E-state index contributed by atoms with van der Waals surface area (Å²) in [6, 6.07) is 13.1. The summed E-state index contributed by atoms with van der Waals surface area (Å²) in [6.07, 6.45) is 1.94. The molecule has 0 radical (unpaired) electrons. The molecule has 0 aliphatic rings. The van der Waals surface area contributed by atoms with Gasteiger partial charge in [-0.15, -0.1) is 0 Å². The highest BCUT2D eigenvalue weighted by atomic mass is 35.5. The largest absolute Gasteiger partial charge is 0.736 e. The average Bonchev–Trinajstić information content (AvgIpc) is 3.02. The van der Waals surface area contributed by atoms with E-state index >= 15 is 0 Å². The Bertz CT molecular complexity index is 872. The molecule has 1 atom stereocenters. The van der Waals surface area contributed by atoms with Crippen LogP contribution < -0.4 is 18.5 Å². The predicted molar refractivity (Wildman–Crippen MR) is 90.4 cm³/mol. The lowest BCUT2D eigenvalue weighted by atomic mass is 10.2. The molecule has 0 bridgehead atoms. The SMILES string of the molecule is O=P([O-])(Oc1cccc(C[n+]2ccsc2)c1)Oc1ccccc1Cl. The highest BCUT2D eigenvalue weighted by Gasteiger charge is 2.16. The zero-order valence-corrected chi connectivity index (χ0v) is 14.8. The predicted octanol–water partition coefficient (Wildman–Crippen LogP) is 3.66. The number of hydrogen-bond acceptors (Lipinski definition) is 5. The zero-order valence-electron chi connectivity index (χ0n) is 12.4. The third-order valence-electron chi connectivity index (χ3n) is 3.05. The molecule has 124 valence electrons. The van der Waals surface area contributed by atoms with Gasteiger partial charge in [0.15, 0.2) is 12.7 Å². The molecule has 1 unspecified atom stereocenters. The molecule has 0 aliphatic carbocycles. The molecule has 2 aromatic carbocycles. The molecule has 0 saturated heterocycles. The molecule has 3 aromatic rings. The summed E-state index contributed by atoms with van der Waals surface area (Å²) < 4.78 is 24.0. The van der Waals surface area contributed by atoms with E-state index in [2.05, 4.69) is 0 Å². The normalized spacial score (nSPS) is 13.2. The first-order valence-corrected chi connectivity index (χ1v) is 9.75. The summed E-state index contributed by atoms with van der Waals surface area (Å²) in [5.41, 5.74) is 2.88. The van der Waals surface area contributed by atoms with Crippen LogP contribution in [0.2, 0.25) is 5.02 Å². The Morgan fingerprint density at radius 1 is 1.17 bits per heavy atom. The van der Waals surface area contributed by atoms with Crippen LogP contribution in [0.15, 0.2) is 65.6 Å². The second-order valence-electron chi connectivity index (χ2n) is 4.91. The smallest absolute Gasteiger partial charge is 0.372 e. The Morgan fingerprint density at radius 3 is 2.75 bits per heavy atom. The molecule has 3 rings (SSSR count). The quantitative estimate of drug-likeness (QED) is 0.483. The number of phosphoric ester groups is 1. The van der Waals surface area contributed by atoms with Gasteiger partial charge in [-0.3, -0.25) is 0 Å². The van der Waals surface area contributed by atoms with Gasteiger partial charge in [-0.1, -0.05) is 47.2 Å². The van der Waals surface area contributed by atoms with E-state index in [-0.39, 0.29) is 16.5 Å². The minimum atomic E-state index is -4.59. The van der Waals surface area contributed by atoms with E-state index in [0.717, 1.165) is 5.56 Å². The number of halogens is 1. The minimum absolute atomic E-state index is 0.0301. The fourth-order valence-corrected chi connectivity index (χ4v) is 3.69. The van der Waals surface area contributed by atoms with E-state index in [1.165, 1.54) is 12.1 Å². The van der Waals surface area contributed by atoms with Crippen LogP contribution in [0.5, 0.6) is 11.5 Å². The summed E-state index contributed by atoms with van der Waals surface area (Å²) in [5.74, 6) is 0.219. The van der Waals surface area contributed by atoms with Crippen LogP contribution in [0.1, 0.15) is 5.56 Å². The number of benzene rings is 2. The standard InChI is InChI=1S/C16H13ClNO4PS/c17-15-6-1-2-7-16(15)22-23(19,20)21-14-5-3-4-13(10-14)11-18-8-9-24-12-18/h1-10,12H,11H2. The number of rotatable bonds is 6. The molecule has 0 N–H and O–H groups in total. The molecule has 0 spiro atoms. The number of hydrogen-bond donors (Lipinski definition) is 0. The molecule has 8 heteroatoms.